The van der Waals surface area contributed by atoms with E-state index < -0.39 is 21.7 Å². The molecule has 1 heterocycles. The van der Waals surface area contributed by atoms with Crippen molar-refractivity contribution in [3.8, 4) is 17.2 Å². The molecule has 0 spiro atoms. The molecule has 0 radical (unpaired) electrons. The standard InChI is InChI=1S/C23H30N2O6S/c1-16(2)30-19-10-8-18(9-11-19)25-32(27,28)15-21(26)24-12-13-29-20-7-5-6-17-14-23(3,4)31-22(17)20/h5-11,16,25H,12-15H2,1-4H3,(H,24,26). The highest BCUT2D eigenvalue weighted by Gasteiger charge is 2.32. The number of hydrogen-bond acceptors (Lipinski definition) is 6. The zero-order valence-electron chi connectivity index (χ0n) is 18.8. The summed E-state index contributed by atoms with van der Waals surface area (Å²) in [6.07, 6.45) is 0.821. The van der Waals surface area contributed by atoms with Crippen LogP contribution in [0.1, 0.15) is 33.3 Å². The van der Waals surface area contributed by atoms with Gasteiger partial charge in [0.05, 0.1) is 12.6 Å². The molecule has 1 amide bonds. The molecule has 1 aliphatic heterocycles. The first-order valence-electron chi connectivity index (χ1n) is 10.5. The number of fused-ring (bicyclic) bond motifs is 1. The molecule has 0 aromatic heterocycles. The number of nitrogens with one attached hydrogen (secondary N) is 2. The zero-order valence-corrected chi connectivity index (χ0v) is 19.6. The van der Waals surface area contributed by atoms with Gasteiger partial charge in [-0.15, -0.1) is 0 Å². The summed E-state index contributed by atoms with van der Waals surface area (Å²) in [7, 11) is -3.84. The van der Waals surface area contributed by atoms with E-state index in [9.17, 15) is 13.2 Å². The summed E-state index contributed by atoms with van der Waals surface area (Å²) >= 11 is 0. The lowest BCUT2D eigenvalue weighted by molar-refractivity contribution is -0.118. The van der Waals surface area contributed by atoms with Crippen molar-refractivity contribution in [1.82, 2.24) is 5.32 Å². The minimum atomic E-state index is -3.84. The fourth-order valence-electron chi connectivity index (χ4n) is 3.37. The maximum atomic E-state index is 12.3. The highest BCUT2D eigenvalue weighted by molar-refractivity contribution is 7.93. The smallest absolute Gasteiger partial charge is 0.241 e. The summed E-state index contributed by atoms with van der Waals surface area (Å²) in [6.45, 7) is 8.19. The van der Waals surface area contributed by atoms with Crippen molar-refractivity contribution in [2.45, 2.75) is 45.8 Å². The molecular formula is C23H30N2O6S. The highest BCUT2D eigenvalue weighted by Crippen LogP contribution is 2.41. The van der Waals surface area contributed by atoms with E-state index in [0.29, 0.717) is 17.2 Å². The molecule has 32 heavy (non-hydrogen) atoms. The molecular weight excluding hydrogens is 432 g/mol. The molecule has 8 nitrogen and oxygen atoms in total. The number of benzene rings is 2. The summed E-state index contributed by atoms with van der Waals surface area (Å²) < 4.78 is 44.1. The molecule has 9 heteroatoms. The Morgan fingerprint density at radius 3 is 2.56 bits per heavy atom. The summed E-state index contributed by atoms with van der Waals surface area (Å²) in [5.74, 6) is 0.673. The largest absolute Gasteiger partial charge is 0.491 e. The lowest BCUT2D eigenvalue weighted by atomic mass is 10.0. The van der Waals surface area contributed by atoms with Gasteiger partial charge in [0, 0.05) is 17.7 Å². The fourth-order valence-corrected chi connectivity index (χ4v) is 4.38. The van der Waals surface area contributed by atoms with Crippen molar-refractivity contribution in [2.24, 2.45) is 0 Å². The topological polar surface area (TPSA) is 103 Å². The predicted molar refractivity (Wildman–Crippen MR) is 123 cm³/mol. The van der Waals surface area contributed by atoms with Crippen molar-refractivity contribution in [3.63, 3.8) is 0 Å². The Balaban J connectivity index is 1.44. The van der Waals surface area contributed by atoms with Gasteiger partial charge < -0.3 is 19.5 Å². The van der Waals surface area contributed by atoms with Crippen LogP contribution in [0, 0.1) is 0 Å². The van der Waals surface area contributed by atoms with Crippen molar-refractivity contribution in [3.05, 3.63) is 48.0 Å². The number of rotatable bonds is 10. The van der Waals surface area contributed by atoms with E-state index in [4.69, 9.17) is 14.2 Å². The first-order valence-corrected chi connectivity index (χ1v) is 12.2. The highest BCUT2D eigenvalue weighted by atomic mass is 32.2. The number of hydrogen-bond donors (Lipinski definition) is 2. The Kier molecular flexibility index (Phi) is 7.18. The summed E-state index contributed by atoms with van der Waals surface area (Å²) in [4.78, 5) is 12.1. The van der Waals surface area contributed by atoms with Crippen LogP contribution in [0.3, 0.4) is 0 Å². The van der Waals surface area contributed by atoms with Crippen molar-refractivity contribution in [1.29, 1.82) is 0 Å². The third-order valence-electron chi connectivity index (χ3n) is 4.56. The Morgan fingerprint density at radius 2 is 1.88 bits per heavy atom. The van der Waals surface area contributed by atoms with Gasteiger partial charge in [-0.25, -0.2) is 8.42 Å². The van der Waals surface area contributed by atoms with Gasteiger partial charge in [-0.3, -0.25) is 9.52 Å². The van der Waals surface area contributed by atoms with Gasteiger partial charge in [0.1, 0.15) is 23.7 Å². The van der Waals surface area contributed by atoms with Gasteiger partial charge in [-0.1, -0.05) is 12.1 Å². The average molecular weight is 463 g/mol. The SMILES string of the molecule is CC(C)Oc1ccc(NS(=O)(=O)CC(=O)NCCOc2cccc3c2OC(C)(C)C3)cc1. The van der Waals surface area contributed by atoms with Crippen LogP contribution >= 0.6 is 0 Å². The quantitative estimate of drug-likeness (QED) is 0.526. The molecule has 2 aromatic carbocycles. The van der Waals surface area contributed by atoms with Crippen LogP contribution in [0.25, 0.3) is 0 Å². The molecule has 174 valence electrons. The Labute approximate surface area is 189 Å². The van der Waals surface area contributed by atoms with E-state index in [2.05, 4.69) is 10.0 Å². The summed E-state index contributed by atoms with van der Waals surface area (Å²) in [5.41, 5.74) is 1.16. The van der Waals surface area contributed by atoms with Gasteiger partial charge >= 0.3 is 0 Å². The predicted octanol–water partition coefficient (Wildman–Crippen LogP) is 3.12. The van der Waals surface area contributed by atoms with Crippen LogP contribution in [0.4, 0.5) is 5.69 Å². The van der Waals surface area contributed by atoms with E-state index in [1.807, 2.05) is 45.9 Å². The number of amides is 1. The van der Waals surface area contributed by atoms with Gasteiger partial charge in [0.15, 0.2) is 11.5 Å². The molecule has 2 aromatic rings. The molecule has 1 aliphatic rings. The molecule has 0 unspecified atom stereocenters. The number of anilines is 1. The molecule has 3 rings (SSSR count). The van der Waals surface area contributed by atoms with Crippen LogP contribution in [-0.2, 0) is 21.2 Å². The second-order valence-electron chi connectivity index (χ2n) is 8.53. The zero-order chi connectivity index (χ0) is 23.4. The third-order valence-corrected chi connectivity index (χ3v) is 5.75. The van der Waals surface area contributed by atoms with Crippen molar-refractivity contribution >= 4 is 21.6 Å². The second kappa shape index (κ2) is 9.68. The van der Waals surface area contributed by atoms with Crippen LogP contribution in [0.15, 0.2) is 42.5 Å². The van der Waals surface area contributed by atoms with E-state index in [1.54, 1.807) is 24.3 Å². The third kappa shape index (κ3) is 6.78. The molecule has 0 atom stereocenters. The summed E-state index contributed by atoms with van der Waals surface area (Å²) in [6, 6.07) is 12.2. The molecule has 0 saturated heterocycles. The van der Waals surface area contributed by atoms with E-state index >= 15 is 0 Å². The summed E-state index contributed by atoms with van der Waals surface area (Å²) in [5, 5.41) is 2.57. The molecule has 2 N–H and O–H groups in total. The first-order chi connectivity index (χ1) is 15.0. The normalized spacial score (nSPS) is 14.4. The Hall–Kier alpha value is -2.94. The minimum Gasteiger partial charge on any atom is -0.491 e. The molecule has 0 fully saturated rings. The number of para-hydroxylation sites is 1. The lowest BCUT2D eigenvalue weighted by Gasteiger charge is -2.18. The maximum absolute atomic E-state index is 12.3. The monoisotopic (exact) mass is 462 g/mol. The van der Waals surface area contributed by atoms with Gasteiger partial charge in [-0.2, -0.15) is 0 Å². The molecule has 0 aliphatic carbocycles. The number of carbonyl (C=O) groups excluding carboxylic acids is 1. The number of sulfonamides is 1. The fraction of sp³-hybridized carbons (Fsp3) is 0.435. The van der Waals surface area contributed by atoms with Gasteiger partial charge in [-0.05, 0) is 58.0 Å². The lowest BCUT2D eigenvalue weighted by Crippen LogP contribution is -2.35. The van der Waals surface area contributed by atoms with Crippen LogP contribution in [0.5, 0.6) is 17.2 Å². The van der Waals surface area contributed by atoms with Crippen molar-refractivity contribution in [2.75, 3.05) is 23.6 Å². The van der Waals surface area contributed by atoms with Crippen molar-refractivity contribution < 1.29 is 27.4 Å². The molecule has 0 bridgehead atoms. The van der Waals surface area contributed by atoms with E-state index in [1.165, 1.54) is 0 Å². The van der Waals surface area contributed by atoms with Gasteiger partial charge in [0.25, 0.3) is 0 Å². The van der Waals surface area contributed by atoms with Crippen LogP contribution < -0.4 is 24.2 Å². The first kappa shape index (κ1) is 23.7. The minimum absolute atomic E-state index is 0.0207. The molecule has 0 saturated carbocycles. The van der Waals surface area contributed by atoms with E-state index in [-0.39, 0.29) is 24.9 Å². The second-order valence-corrected chi connectivity index (χ2v) is 10.3. The Morgan fingerprint density at radius 1 is 1.16 bits per heavy atom. The van der Waals surface area contributed by atoms with Gasteiger partial charge in [0.2, 0.25) is 15.9 Å². The van der Waals surface area contributed by atoms with Crippen LogP contribution in [-0.4, -0.2) is 44.9 Å². The van der Waals surface area contributed by atoms with E-state index in [0.717, 1.165) is 17.7 Å². The average Bonchev–Trinajstić information content (AvgIpc) is 3.00. The maximum Gasteiger partial charge on any atom is 0.241 e. The number of ether oxygens (including phenoxy) is 3. The number of carbonyl (C=O) groups is 1. The Bertz CT molecular complexity index is 1050. The van der Waals surface area contributed by atoms with Crippen LogP contribution in [0.2, 0.25) is 0 Å².